The van der Waals surface area contributed by atoms with Crippen LogP contribution in [0.3, 0.4) is 0 Å². The second kappa shape index (κ2) is 7.22. The summed E-state index contributed by atoms with van der Waals surface area (Å²) in [4.78, 5) is 27.9. The molecule has 2 aromatic heterocycles. The molecule has 1 aliphatic rings. The van der Waals surface area contributed by atoms with Gasteiger partial charge in [-0.1, -0.05) is 17.7 Å². The van der Waals surface area contributed by atoms with E-state index in [0.717, 1.165) is 24.0 Å². The molecule has 0 radical (unpaired) electrons. The zero-order valence-electron chi connectivity index (χ0n) is 14.0. The summed E-state index contributed by atoms with van der Waals surface area (Å²) in [5.41, 5.74) is 2.25. The van der Waals surface area contributed by atoms with Crippen molar-refractivity contribution in [2.45, 2.75) is 25.4 Å². The molecule has 0 spiro atoms. The third kappa shape index (κ3) is 3.73. The second-order valence-corrected chi connectivity index (χ2v) is 6.73. The molecule has 1 saturated carbocycles. The van der Waals surface area contributed by atoms with E-state index in [1.54, 1.807) is 36.8 Å². The Morgan fingerprint density at radius 3 is 2.62 bits per heavy atom. The number of carbonyl (C=O) groups is 1. The van der Waals surface area contributed by atoms with Gasteiger partial charge in [0.25, 0.3) is 5.91 Å². The quantitative estimate of drug-likeness (QED) is 0.686. The van der Waals surface area contributed by atoms with Crippen LogP contribution < -0.4 is 0 Å². The summed E-state index contributed by atoms with van der Waals surface area (Å²) < 4.78 is 0. The van der Waals surface area contributed by atoms with Crippen molar-refractivity contribution in [3.05, 3.63) is 77.3 Å². The van der Waals surface area contributed by atoms with Crippen LogP contribution in [0.4, 0.5) is 0 Å². The third-order valence-electron chi connectivity index (χ3n) is 4.30. The molecular formula is C20H17ClN4O. The van der Waals surface area contributed by atoms with Crippen molar-refractivity contribution >= 4 is 17.5 Å². The zero-order chi connectivity index (χ0) is 17.9. The van der Waals surface area contributed by atoms with Crippen LogP contribution in [0.25, 0.3) is 11.4 Å². The minimum Gasteiger partial charge on any atom is -0.330 e. The lowest BCUT2D eigenvalue weighted by molar-refractivity contribution is 0.0723. The molecule has 0 N–H and O–H groups in total. The summed E-state index contributed by atoms with van der Waals surface area (Å²) in [5.74, 6) is 0.443. The Kier molecular flexibility index (Phi) is 4.63. The molecule has 0 unspecified atom stereocenters. The number of amides is 1. The van der Waals surface area contributed by atoms with Gasteiger partial charge in [-0.2, -0.15) is 0 Å². The number of pyridine rings is 1. The summed E-state index contributed by atoms with van der Waals surface area (Å²) in [5, 5.41) is 0.650. The first kappa shape index (κ1) is 16.7. The molecular weight excluding hydrogens is 348 g/mol. The molecule has 4 rings (SSSR count). The van der Waals surface area contributed by atoms with E-state index < -0.39 is 0 Å². The maximum atomic E-state index is 13.1. The van der Waals surface area contributed by atoms with Gasteiger partial charge in [-0.15, -0.1) is 0 Å². The lowest BCUT2D eigenvalue weighted by atomic mass is 10.2. The van der Waals surface area contributed by atoms with E-state index in [0.29, 0.717) is 23.1 Å². The summed E-state index contributed by atoms with van der Waals surface area (Å²) >= 11 is 5.93. The van der Waals surface area contributed by atoms with Gasteiger partial charge in [-0.3, -0.25) is 9.78 Å². The molecule has 3 aromatic rings. The number of halogens is 1. The average Bonchev–Trinajstić information content (AvgIpc) is 3.52. The van der Waals surface area contributed by atoms with Gasteiger partial charge in [0, 0.05) is 41.8 Å². The summed E-state index contributed by atoms with van der Waals surface area (Å²) in [6.07, 6.45) is 7.21. The number of hydrogen-bond acceptors (Lipinski definition) is 4. The van der Waals surface area contributed by atoms with Crippen LogP contribution in [0.2, 0.25) is 5.02 Å². The van der Waals surface area contributed by atoms with Gasteiger partial charge < -0.3 is 4.90 Å². The van der Waals surface area contributed by atoms with E-state index in [2.05, 4.69) is 15.0 Å². The van der Waals surface area contributed by atoms with E-state index >= 15 is 0 Å². The standard InChI is InChI=1S/C20H17ClN4O/c21-16-5-3-15(4-6-16)19-23-11-9-18(24-19)20(26)25(17-7-8-17)13-14-2-1-10-22-12-14/h1-6,9-12,17H,7-8,13H2. The molecule has 0 atom stereocenters. The summed E-state index contributed by atoms with van der Waals surface area (Å²) in [6, 6.07) is 13.1. The van der Waals surface area contributed by atoms with Crippen LogP contribution in [-0.4, -0.2) is 31.8 Å². The minimum absolute atomic E-state index is 0.0750. The fraction of sp³-hybridized carbons (Fsp3) is 0.200. The Morgan fingerprint density at radius 1 is 1.12 bits per heavy atom. The van der Waals surface area contributed by atoms with Gasteiger partial charge in [0.05, 0.1) is 0 Å². The number of carbonyl (C=O) groups excluding carboxylic acids is 1. The highest BCUT2D eigenvalue weighted by Crippen LogP contribution is 2.29. The van der Waals surface area contributed by atoms with Crippen molar-refractivity contribution in [1.82, 2.24) is 19.9 Å². The molecule has 5 nitrogen and oxygen atoms in total. The van der Waals surface area contributed by atoms with E-state index in [9.17, 15) is 4.79 Å². The maximum Gasteiger partial charge on any atom is 0.273 e. The molecule has 1 aliphatic carbocycles. The Balaban J connectivity index is 1.60. The van der Waals surface area contributed by atoms with Gasteiger partial charge in [0.1, 0.15) is 5.69 Å². The van der Waals surface area contributed by atoms with Crippen molar-refractivity contribution in [3.63, 3.8) is 0 Å². The monoisotopic (exact) mass is 364 g/mol. The first-order valence-corrected chi connectivity index (χ1v) is 8.87. The van der Waals surface area contributed by atoms with Crippen molar-refractivity contribution < 1.29 is 4.79 Å². The van der Waals surface area contributed by atoms with Gasteiger partial charge in [0.15, 0.2) is 5.82 Å². The molecule has 1 amide bonds. The first-order chi connectivity index (χ1) is 12.7. The van der Waals surface area contributed by atoms with E-state index in [1.807, 2.05) is 29.2 Å². The molecule has 0 aliphatic heterocycles. The Bertz CT molecular complexity index is 911. The molecule has 2 heterocycles. The molecule has 130 valence electrons. The van der Waals surface area contributed by atoms with Crippen LogP contribution >= 0.6 is 11.6 Å². The van der Waals surface area contributed by atoms with Gasteiger partial charge in [-0.05, 0) is 54.8 Å². The topological polar surface area (TPSA) is 59.0 Å². The number of rotatable bonds is 5. The zero-order valence-corrected chi connectivity index (χ0v) is 14.8. The predicted octanol–water partition coefficient (Wildman–Crippen LogP) is 4.00. The van der Waals surface area contributed by atoms with Crippen LogP contribution in [0.5, 0.6) is 0 Å². The van der Waals surface area contributed by atoms with Crippen molar-refractivity contribution in [3.8, 4) is 11.4 Å². The third-order valence-corrected chi connectivity index (χ3v) is 4.55. The average molecular weight is 365 g/mol. The van der Waals surface area contributed by atoms with E-state index in [1.165, 1.54) is 0 Å². The predicted molar refractivity (Wildman–Crippen MR) is 99.6 cm³/mol. The fourth-order valence-electron chi connectivity index (χ4n) is 2.80. The smallest absolute Gasteiger partial charge is 0.273 e. The Labute approximate surface area is 156 Å². The minimum atomic E-state index is -0.0750. The molecule has 1 aromatic carbocycles. The Morgan fingerprint density at radius 2 is 1.92 bits per heavy atom. The molecule has 0 saturated heterocycles. The van der Waals surface area contributed by atoms with Crippen LogP contribution in [0.1, 0.15) is 28.9 Å². The van der Waals surface area contributed by atoms with Crippen LogP contribution in [0, 0.1) is 0 Å². The van der Waals surface area contributed by atoms with Crippen molar-refractivity contribution in [2.24, 2.45) is 0 Å². The van der Waals surface area contributed by atoms with Gasteiger partial charge in [-0.25, -0.2) is 9.97 Å². The number of benzene rings is 1. The number of hydrogen-bond donors (Lipinski definition) is 0. The lowest BCUT2D eigenvalue weighted by Crippen LogP contribution is -2.33. The largest absolute Gasteiger partial charge is 0.330 e. The molecule has 6 heteroatoms. The van der Waals surface area contributed by atoms with Gasteiger partial charge >= 0.3 is 0 Å². The summed E-state index contributed by atoms with van der Waals surface area (Å²) in [6.45, 7) is 0.539. The number of aromatic nitrogens is 3. The number of nitrogens with zero attached hydrogens (tertiary/aromatic N) is 4. The normalized spacial score (nSPS) is 13.4. The van der Waals surface area contributed by atoms with Crippen LogP contribution in [-0.2, 0) is 6.54 Å². The molecule has 26 heavy (non-hydrogen) atoms. The Hall–Kier alpha value is -2.79. The van der Waals surface area contributed by atoms with Gasteiger partial charge in [0.2, 0.25) is 0 Å². The van der Waals surface area contributed by atoms with E-state index in [-0.39, 0.29) is 11.9 Å². The molecule has 1 fully saturated rings. The second-order valence-electron chi connectivity index (χ2n) is 6.30. The summed E-state index contributed by atoms with van der Waals surface area (Å²) in [7, 11) is 0. The van der Waals surface area contributed by atoms with Crippen molar-refractivity contribution in [2.75, 3.05) is 0 Å². The van der Waals surface area contributed by atoms with Crippen LogP contribution in [0.15, 0.2) is 61.1 Å². The first-order valence-electron chi connectivity index (χ1n) is 8.49. The maximum absolute atomic E-state index is 13.1. The SMILES string of the molecule is O=C(c1ccnc(-c2ccc(Cl)cc2)n1)N(Cc1cccnc1)C1CC1. The fourth-order valence-corrected chi connectivity index (χ4v) is 2.93. The highest BCUT2D eigenvalue weighted by molar-refractivity contribution is 6.30. The van der Waals surface area contributed by atoms with E-state index in [4.69, 9.17) is 11.6 Å². The lowest BCUT2D eigenvalue weighted by Gasteiger charge is -2.22. The highest BCUT2D eigenvalue weighted by atomic mass is 35.5. The highest BCUT2D eigenvalue weighted by Gasteiger charge is 2.33. The van der Waals surface area contributed by atoms with Crippen molar-refractivity contribution in [1.29, 1.82) is 0 Å². The molecule has 0 bridgehead atoms.